The molecule has 0 N–H and O–H groups in total. The number of nitrogens with zero attached hydrogens (tertiary/aromatic N) is 2. The summed E-state index contributed by atoms with van der Waals surface area (Å²) in [7, 11) is 1.79. The first-order valence-corrected chi connectivity index (χ1v) is 12.8. The van der Waals surface area contributed by atoms with Gasteiger partial charge >= 0.3 is 0 Å². The number of para-hydroxylation sites is 1. The summed E-state index contributed by atoms with van der Waals surface area (Å²) in [4.78, 5) is 2.59. The number of ether oxygens (including phenoxy) is 2. The third-order valence-electron chi connectivity index (χ3n) is 7.46. The molecule has 1 aromatic heterocycles. The molecule has 0 bridgehead atoms. The average molecular weight is 461 g/mol. The highest BCUT2D eigenvalue weighted by molar-refractivity contribution is 5.80. The summed E-state index contributed by atoms with van der Waals surface area (Å²) in [6, 6.07) is 18.9. The van der Waals surface area contributed by atoms with Gasteiger partial charge in [0.05, 0.1) is 12.0 Å². The lowest BCUT2D eigenvalue weighted by Gasteiger charge is -2.47. The van der Waals surface area contributed by atoms with E-state index >= 15 is 0 Å². The summed E-state index contributed by atoms with van der Waals surface area (Å²) >= 11 is 0. The smallest absolute Gasteiger partial charge is 0.182 e. The van der Waals surface area contributed by atoms with Gasteiger partial charge in [-0.1, -0.05) is 79.5 Å². The SMILES string of the molecule is CCCC(OC1(OC)CC(N2CCCCC2)C=CC1c1noc2ccccc12)c1ccccc1. The molecule has 1 saturated heterocycles. The molecule has 1 fully saturated rings. The number of hydrogen-bond donors (Lipinski definition) is 0. The number of likely N-dealkylation sites (tertiary alicyclic amines) is 1. The maximum atomic E-state index is 7.08. The fraction of sp³-hybridized carbons (Fsp3) is 0.483. The summed E-state index contributed by atoms with van der Waals surface area (Å²) in [5.41, 5.74) is 2.87. The lowest BCUT2D eigenvalue weighted by molar-refractivity contribution is -0.268. The van der Waals surface area contributed by atoms with Crippen molar-refractivity contribution in [3.05, 3.63) is 78.0 Å². The lowest BCUT2D eigenvalue weighted by atomic mass is 9.81. The van der Waals surface area contributed by atoms with Crippen LogP contribution in [0.4, 0.5) is 0 Å². The van der Waals surface area contributed by atoms with Crippen molar-refractivity contribution in [2.45, 2.75) is 69.3 Å². The van der Waals surface area contributed by atoms with Gasteiger partial charge in [0.15, 0.2) is 11.4 Å². The van der Waals surface area contributed by atoms with E-state index in [0.29, 0.717) is 0 Å². The third-order valence-corrected chi connectivity index (χ3v) is 7.46. The number of hydrogen-bond acceptors (Lipinski definition) is 5. The Morgan fingerprint density at radius 3 is 2.56 bits per heavy atom. The van der Waals surface area contributed by atoms with Crippen LogP contribution in [0, 0.1) is 0 Å². The zero-order chi connectivity index (χ0) is 23.4. The molecule has 2 aromatic carbocycles. The van der Waals surface area contributed by atoms with Crippen LogP contribution in [0.15, 0.2) is 71.3 Å². The summed E-state index contributed by atoms with van der Waals surface area (Å²) in [5.74, 6) is -1.00. The zero-order valence-corrected chi connectivity index (χ0v) is 20.4. The molecule has 0 spiro atoms. The summed E-state index contributed by atoms with van der Waals surface area (Å²) in [6.07, 6.45) is 11.1. The fourth-order valence-electron chi connectivity index (χ4n) is 5.65. The molecule has 5 nitrogen and oxygen atoms in total. The van der Waals surface area contributed by atoms with Crippen LogP contribution in [0.1, 0.15) is 68.7 Å². The normalized spacial score (nSPS) is 26.6. The third kappa shape index (κ3) is 4.57. The minimum atomic E-state index is -0.841. The van der Waals surface area contributed by atoms with Crippen LogP contribution >= 0.6 is 0 Å². The van der Waals surface area contributed by atoms with Gasteiger partial charge in [0, 0.05) is 25.0 Å². The summed E-state index contributed by atoms with van der Waals surface area (Å²) < 4.78 is 19.2. The molecule has 1 aliphatic carbocycles. The second kappa shape index (κ2) is 10.4. The molecule has 4 atom stereocenters. The van der Waals surface area contributed by atoms with Crippen molar-refractivity contribution in [1.82, 2.24) is 10.1 Å². The molecule has 0 amide bonds. The highest BCUT2D eigenvalue weighted by Gasteiger charge is 2.48. The number of fused-ring (bicyclic) bond motifs is 1. The molecule has 3 aromatic rings. The Labute approximate surface area is 202 Å². The van der Waals surface area contributed by atoms with Crippen molar-refractivity contribution in [1.29, 1.82) is 0 Å². The van der Waals surface area contributed by atoms with Gasteiger partial charge in [-0.15, -0.1) is 0 Å². The first kappa shape index (κ1) is 23.3. The Balaban J connectivity index is 1.56. The van der Waals surface area contributed by atoms with E-state index in [9.17, 15) is 0 Å². The van der Waals surface area contributed by atoms with Crippen molar-refractivity contribution in [3.8, 4) is 0 Å². The highest BCUT2D eigenvalue weighted by atomic mass is 16.7. The van der Waals surface area contributed by atoms with Gasteiger partial charge in [-0.05, 0) is 50.0 Å². The number of methoxy groups -OCH3 is 1. The van der Waals surface area contributed by atoms with Crippen LogP contribution in [-0.4, -0.2) is 42.1 Å². The maximum Gasteiger partial charge on any atom is 0.182 e. The lowest BCUT2D eigenvalue weighted by Crippen LogP contribution is -2.51. The van der Waals surface area contributed by atoms with Crippen molar-refractivity contribution in [3.63, 3.8) is 0 Å². The van der Waals surface area contributed by atoms with E-state index in [2.05, 4.69) is 65.5 Å². The van der Waals surface area contributed by atoms with Crippen molar-refractivity contribution in [2.75, 3.05) is 20.2 Å². The van der Waals surface area contributed by atoms with E-state index in [-0.39, 0.29) is 18.1 Å². The maximum absolute atomic E-state index is 7.08. The molecule has 34 heavy (non-hydrogen) atoms. The van der Waals surface area contributed by atoms with Crippen LogP contribution in [-0.2, 0) is 9.47 Å². The van der Waals surface area contributed by atoms with E-state index < -0.39 is 5.79 Å². The Morgan fingerprint density at radius 1 is 1.03 bits per heavy atom. The van der Waals surface area contributed by atoms with Crippen LogP contribution in [0.5, 0.6) is 0 Å². The van der Waals surface area contributed by atoms with E-state index in [1.54, 1.807) is 7.11 Å². The molecular weight excluding hydrogens is 424 g/mol. The number of piperidine rings is 1. The molecule has 180 valence electrons. The first-order valence-electron chi connectivity index (χ1n) is 12.8. The van der Waals surface area contributed by atoms with Gasteiger partial charge in [0.25, 0.3) is 0 Å². The van der Waals surface area contributed by atoms with E-state index in [1.165, 1.54) is 24.8 Å². The van der Waals surface area contributed by atoms with Gasteiger partial charge in [-0.2, -0.15) is 0 Å². The Hall–Kier alpha value is -2.47. The van der Waals surface area contributed by atoms with Crippen LogP contribution in [0.2, 0.25) is 0 Å². The molecule has 2 aliphatic rings. The van der Waals surface area contributed by atoms with Crippen molar-refractivity contribution >= 4 is 11.0 Å². The minimum Gasteiger partial charge on any atom is -0.356 e. The molecule has 2 heterocycles. The summed E-state index contributed by atoms with van der Waals surface area (Å²) in [6.45, 7) is 4.46. The predicted octanol–water partition coefficient (Wildman–Crippen LogP) is 6.63. The van der Waals surface area contributed by atoms with E-state index in [0.717, 1.165) is 49.0 Å². The number of benzene rings is 2. The summed E-state index contributed by atoms with van der Waals surface area (Å²) in [5, 5.41) is 5.54. The van der Waals surface area contributed by atoms with Crippen LogP contribution in [0.25, 0.3) is 11.0 Å². The first-order chi connectivity index (χ1) is 16.7. The second-order valence-electron chi connectivity index (χ2n) is 9.62. The van der Waals surface area contributed by atoms with Crippen LogP contribution < -0.4 is 0 Å². The Bertz CT molecular complexity index is 1090. The molecule has 0 saturated carbocycles. The molecule has 4 unspecified atom stereocenters. The monoisotopic (exact) mass is 460 g/mol. The zero-order valence-electron chi connectivity index (χ0n) is 20.4. The van der Waals surface area contributed by atoms with Gasteiger partial charge in [0.2, 0.25) is 0 Å². The van der Waals surface area contributed by atoms with E-state index in [4.69, 9.17) is 14.0 Å². The second-order valence-corrected chi connectivity index (χ2v) is 9.62. The van der Waals surface area contributed by atoms with Gasteiger partial charge < -0.3 is 14.0 Å². The van der Waals surface area contributed by atoms with Crippen molar-refractivity contribution < 1.29 is 14.0 Å². The molecule has 0 radical (unpaired) electrons. The largest absolute Gasteiger partial charge is 0.356 e. The standard InChI is InChI=1S/C29H36N2O3/c1-3-12-26(22-13-6-4-7-14-22)33-29(32-2)21-23(31-19-10-5-11-20-31)17-18-25(29)28-24-15-8-9-16-27(24)34-30-28/h4,6-9,13-18,23,25-26H,3,5,10-12,19-21H2,1-2H3. The minimum absolute atomic E-state index is 0.0553. The van der Waals surface area contributed by atoms with Gasteiger partial charge in [0.1, 0.15) is 5.69 Å². The quantitative estimate of drug-likeness (QED) is 0.279. The fourth-order valence-corrected chi connectivity index (χ4v) is 5.65. The van der Waals surface area contributed by atoms with Crippen molar-refractivity contribution in [2.24, 2.45) is 0 Å². The van der Waals surface area contributed by atoms with E-state index in [1.807, 2.05) is 18.2 Å². The highest BCUT2D eigenvalue weighted by Crippen LogP contribution is 2.46. The predicted molar refractivity (Wildman–Crippen MR) is 135 cm³/mol. The average Bonchev–Trinajstić information content (AvgIpc) is 3.33. The van der Waals surface area contributed by atoms with Gasteiger partial charge in [-0.25, -0.2) is 0 Å². The van der Waals surface area contributed by atoms with Gasteiger partial charge in [-0.3, -0.25) is 4.90 Å². The Kier molecular flexibility index (Phi) is 7.14. The molecule has 1 aliphatic heterocycles. The molecule has 5 rings (SSSR count). The van der Waals surface area contributed by atoms with Crippen LogP contribution in [0.3, 0.4) is 0 Å². The Morgan fingerprint density at radius 2 is 1.79 bits per heavy atom. The topological polar surface area (TPSA) is 47.7 Å². The number of aromatic nitrogens is 1. The molecule has 5 heteroatoms. The molecular formula is C29H36N2O3. The number of rotatable bonds is 8.